The van der Waals surface area contributed by atoms with Gasteiger partial charge >= 0.3 is 6.09 Å². The Labute approximate surface area is 100 Å². The van der Waals surface area contributed by atoms with Gasteiger partial charge < -0.3 is 9.57 Å². The first-order chi connectivity index (χ1) is 8.26. The number of ether oxygens (including phenoxy) is 1. The molecular formula is C12H16N2O3. The van der Waals surface area contributed by atoms with Crippen LogP contribution in [-0.2, 0) is 16.2 Å². The zero-order valence-electron chi connectivity index (χ0n) is 9.97. The first-order valence-corrected chi connectivity index (χ1v) is 5.34. The summed E-state index contributed by atoms with van der Waals surface area (Å²) in [6.45, 7) is 2.23. The highest BCUT2D eigenvalue weighted by molar-refractivity contribution is 5.94. The molecule has 0 aromatic heterocycles. The number of oxime groups is 1. The van der Waals surface area contributed by atoms with Crippen LogP contribution in [0.4, 0.5) is 4.79 Å². The fourth-order valence-corrected chi connectivity index (χ4v) is 1.10. The predicted molar refractivity (Wildman–Crippen MR) is 64.5 cm³/mol. The molecule has 0 saturated carbocycles. The lowest BCUT2D eigenvalue weighted by molar-refractivity contribution is 0.128. The topological polar surface area (TPSA) is 59.9 Å². The van der Waals surface area contributed by atoms with E-state index in [0.717, 1.165) is 5.56 Å². The maximum atomic E-state index is 10.9. The van der Waals surface area contributed by atoms with Gasteiger partial charge in [-0.15, -0.1) is 0 Å². The van der Waals surface area contributed by atoms with E-state index in [4.69, 9.17) is 4.84 Å². The number of amides is 1. The predicted octanol–water partition coefficient (Wildman–Crippen LogP) is 2.28. The van der Waals surface area contributed by atoms with Crippen LogP contribution in [0.2, 0.25) is 0 Å². The van der Waals surface area contributed by atoms with Crippen LogP contribution in [0.25, 0.3) is 0 Å². The number of hydrogen-bond donors (Lipinski definition) is 1. The molecule has 0 aliphatic heterocycles. The van der Waals surface area contributed by atoms with Gasteiger partial charge in [0.2, 0.25) is 0 Å². The van der Waals surface area contributed by atoms with Crippen molar-refractivity contribution in [3.05, 3.63) is 35.9 Å². The van der Waals surface area contributed by atoms with Gasteiger partial charge in [0.1, 0.15) is 6.61 Å². The van der Waals surface area contributed by atoms with E-state index in [-0.39, 0.29) is 0 Å². The van der Waals surface area contributed by atoms with Crippen molar-refractivity contribution in [2.75, 3.05) is 7.11 Å². The van der Waals surface area contributed by atoms with Gasteiger partial charge in [0, 0.05) is 6.42 Å². The number of methoxy groups -OCH3 is 1. The van der Waals surface area contributed by atoms with Crippen LogP contribution >= 0.6 is 0 Å². The number of benzene rings is 1. The average Bonchev–Trinajstić information content (AvgIpc) is 2.38. The van der Waals surface area contributed by atoms with E-state index in [0.29, 0.717) is 18.9 Å². The average molecular weight is 236 g/mol. The SMILES string of the molecule is CCC(=NOCc1ccccc1)NC(=O)OC. The van der Waals surface area contributed by atoms with Crippen LogP contribution in [0.15, 0.2) is 35.5 Å². The molecule has 1 amide bonds. The molecule has 5 nitrogen and oxygen atoms in total. The smallest absolute Gasteiger partial charge is 0.412 e. The summed E-state index contributed by atoms with van der Waals surface area (Å²) >= 11 is 0. The van der Waals surface area contributed by atoms with Gasteiger partial charge in [-0.1, -0.05) is 42.4 Å². The Morgan fingerprint density at radius 1 is 1.35 bits per heavy atom. The fraction of sp³-hybridized carbons (Fsp3) is 0.333. The molecule has 1 aromatic carbocycles. The van der Waals surface area contributed by atoms with Crippen LogP contribution in [0.5, 0.6) is 0 Å². The van der Waals surface area contributed by atoms with Crippen molar-refractivity contribution in [3.8, 4) is 0 Å². The molecule has 0 saturated heterocycles. The summed E-state index contributed by atoms with van der Waals surface area (Å²) in [5.41, 5.74) is 1.02. The summed E-state index contributed by atoms with van der Waals surface area (Å²) in [5, 5.41) is 6.30. The quantitative estimate of drug-likeness (QED) is 0.495. The highest BCUT2D eigenvalue weighted by Crippen LogP contribution is 2.00. The third-order valence-electron chi connectivity index (χ3n) is 2.02. The van der Waals surface area contributed by atoms with E-state index in [1.54, 1.807) is 0 Å². The van der Waals surface area contributed by atoms with E-state index in [2.05, 4.69) is 15.2 Å². The van der Waals surface area contributed by atoms with E-state index in [1.165, 1.54) is 7.11 Å². The molecule has 1 aromatic rings. The second kappa shape index (κ2) is 7.27. The van der Waals surface area contributed by atoms with Crippen molar-refractivity contribution in [1.29, 1.82) is 0 Å². The first-order valence-electron chi connectivity index (χ1n) is 5.34. The molecule has 0 spiro atoms. The van der Waals surface area contributed by atoms with Crippen LogP contribution in [-0.4, -0.2) is 19.0 Å². The number of nitrogens with one attached hydrogen (secondary N) is 1. The highest BCUT2D eigenvalue weighted by atomic mass is 16.6. The number of rotatable bonds is 4. The van der Waals surface area contributed by atoms with Gasteiger partial charge in [-0.2, -0.15) is 0 Å². The van der Waals surface area contributed by atoms with Crippen molar-refractivity contribution in [2.45, 2.75) is 20.0 Å². The lowest BCUT2D eigenvalue weighted by Gasteiger charge is -2.05. The number of nitrogens with zero attached hydrogens (tertiary/aromatic N) is 1. The monoisotopic (exact) mass is 236 g/mol. The molecule has 5 heteroatoms. The minimum atomic E-state index is -0.547. The molecule has 0 bridgehead atoms. The maximum absolute atomic E-state index is 10.9. The van der Waals surface area contributed by atoms with Gasteiger partial charge in [-0.05, 0) is 5.56 Å². The lowest BCUT2D eigenvalue weighted by atomic mass is 10.2. The van der Waals surface area contributed by atoms with Gasteiger partial charge in [0.25, 0.3) is 0 Å². The minimum Gasteiger partial charge on any atom is -0.453 e. The number of carbonyl (C=O) groups is 1. The van der Waals surface area contributed by atoms with Crippen molar-refractivity contribution < 1.29 is 14.4 Å². The van der Waals surface area contributed by atoms with Gasteiger partial charge in [-0.3, -0.25) is 5.32 Å². The van der Waals surface area contributed by atoms with Crippen LogP contribution in [0.1, 0.15) is 18.9 Å². The van der Waals surface area contributed by atoms with Gasteiger partial charge in [0.05, 0.1) is 7.11 Å². The van der Waals surface area contributed by atoms with Gasteiger partial charge in [0.15, 0.2) is 5.84 Å². The third-order valence-corrected chi connectivity index (χ3v) is 2.02. The summed E-state index contributed by atoms with van der Waals surface area (Å²) in [7, 11) is 1.30. The molecule has 1 N–H and O–H groups in total. The Balaban J connectivity index is 2.43. The Morgan fingerprint density at radius 2 is 2.06 bits per heavy atom. The number of amidine groups is 1. The largest absolute Gasteiger partial charge is 0.453 e. The van der Waals surface area contributed by atoms with E-state index >= 15 is 0 Å². The minimum absolute atomic E-state index is 0.368. The van der Waals surface area contributed by atoms with Crippen molar-refractivity contribution in [2.24, 2.45) is 5.16 Å². The number of alkyl carbamates (subject to hydrolysis) is 1. The first kappa shape index (κ1) is 13.0. The number of carbonyl (C=O) groups excluding carboxylic acids is 1. The molecule has 0 aliphatic carbocycles. The molecule has 0 heterocycles. The highest BCUT2D eigenvalue weighted by Gasteiger charge is 2.03. The van der Waals surface area contributed by atoms with Crippen LogP contribution in [0, 0.1) is 0 Å². The molecule has 0 atom stereocenters. The zero-order valence-corrected chi connectivity index (χ0v) is 9.97. The second-order valence-electron chi connectivity index (χ2n) is 3.27. The normalized spacial score (nSPS) is 10.8. The van der Waals surface area contributed by atoms with E-state index < -0.39 is 6.09 Å². The molecule has 0 radical (unpaired) electrons. The van der Waals surface area contributed by atoms with Crippen LogP contribution < -0.4 is 5.32 Å². The van der Waals surface area contributed by atoms with Crippen molar-refractivity contribution in [1.82, 2.24) is 5.32 Å². The third kappa shape index (κ3) is 5.01. The lowest BCUT2D eigenvalue weighted by Crippen LogP contribution is -2.29. The van der Waals surface area contributed by atoms with Crippen LogP contribution in [0.3, 0.4) is 0 Å². The Morgan fingerprint density at radius 3 is 2.65 bits per heavy atom. The Hall–Kier alpha value is -2.04. The fourth-order valence-electron chi connectivity index (χ4n) is 1.10. The molecule has 1 rings (SSSR count). The molecule has 0 fully saturated rings. The maximum Gasteiger partial charge on any atom is 0.412 e. The Kier molecular flexibility index (Phi) is 5.57. The second-order valence-corrected chi connectivity index (χ2v) is 3.27. The number of hydrogen-bond acceptors (Lipinski definition) is 4. The summed E-state index contributed by atoms with van der Waals surface area (Å²) in [6.07, 6.45) is 0.0121. The molecule has 0 unspecified atom stereocenters. The zero-order chi connectivity index (χ0) is 12.5. The summed E-state index contributed by atoms with van der Waals surface area (Å²) in [4.78, 5) is 16.1. The standard InChI is InChI=1S/C12H16N2O3/c1-3-11(13-12(15)16-2)14-17-9-10-7-5-4-6-8-10/h4-8H,3,9H2,1-2H3,(H,13,14,15). The summed E-state index contributed by atoms with van der Waals surface area (Å²) < 4.78 is 4.46. The van der Waals surface area contributed by atoms with E-state index in [1.807, 2.05) is 37.3 Å². The van der Waals surface area contributed by atoms with E-state index in [9.17, 15) is 4.79 Å². The molecule has 92 valence electrons. The Bertz CT molecular complexity index is 377. The summed E-state index contributed by atoms with van der Waals surface area (Å²) in [5.74, 6) is 0.438. The summed E-state index contributed by atoms with van der Waals surface area (Å²) in [6, 6.07) is 9.67. The van der Waals surface area contributed by atoms with Crippen molar-refractivity contribution >= 4 is 11.9 Å². The molecular weight excluding hydrogens is 220 g/mol. The molecule has 0 aliphatic rings. The van der Waals surface area contributed by atoms with Gasteiger partial charge in [-0.25, -0.2) is 4.79 Å². The molecule has 17 heavy (non-hydrogen) atoms. The van der Waals surface area contributed by atoms with Crippen molar-refractivity contribution in [3.63, 3.8) is 0 Å².